The molecule has 0 aliphatic carbocycles. The van der Waals surface area contributed by atoms with Crippen LogP contribution < -0.4 is 5.32 Å². The fourth-order valence-electron chi connectivity index (χ4n) is 2.23. The third-order valence-electron chi connectivity index (χ3n) is 3.41. The molecular formula is C13H17ClN2O3S. The third kappa shape index (κ3) is 3.94. The van der Waals surface area contributed by atoms with Gasteiger partial charge in [-0.3, -0.25) is 4.79 Å². The van der Waals surface area contributed by atoms with Gasteiger partial charge < -0.3 is 5.32 Å². The minimum Gasteiger partial charge on any atom is -0.326 e. The summed E-state index contributed by atoms with van der Waals surface area (Å²) in [6.07, 6.45) is 2.29. The van der Waals surface area contributed by atoms with Gasteiger partial charge in [0.15, 0.2) is 0 Å². The van der Waals surface area contributed by atoms with Crippen molar-refractivity contribution >= 4 is 33.2 Å². The normalized spacial score (nSPS) is 17.9. The van der Waals surface area contributed by atoms with E-state index in [2.05, 4.69) is 5.32 Å². The van der Waals surface area contributed by atoms with Crippen LogP contribution in [0, 0.1) is 5.92 Å². The fraction of sp³-hybridized carbons (Fsp3) is 0.462. The molecule has 0 spiro atoms. The Morgan fingerprint density at radius 2 is 1.80 bits per heavy atom. The molecule has 1 fully saturated rings. The first-order chi connectivity index (χ1) is 9.36. The summed E-state index contributed by atoms with van der Waals surface area (Å²) in [6, 6.07) is 6.91. The van der Waals surface area contributed by atoms with E-state index in [4.69, 9.17) is 11.6 Å². The second-order valence-electron chi connectivity index (χ2n) is 4.93. The first-order valence-electron chi connectivity index (χ1n) is 6.38. The lowest BCUT2D eigenvalue weighted by Gasteiger charge is -2.29. The highest BCUT2D eigenvalue weighted by molar-refractivity contribution is 7.88. The molecule has 0 atom stereocenters. The molecule has 1 aliphatic rings. The zero-order valence-corrected chi connectivity index (χ0v) is 12.7. The number of hydrogen-bond donors (Lipinski definition) is 1. The molecule has 0 unspecified atom stereocenters. The maximum Gasteiger partial charge on any atom is 0.227 e. The average Bonchev–Trinajstić information content (AvgIpc) is 2.40. The summed E-state index contributed by atoms with van der Waals surface area (Å²) < 4.78 is 24.2. The lowest BCUT2D eigenvalue weighted by Crippen LogP contribution is -2.40. The molecule has 0 saturated carbocycles. The Morgan fingerprint density at radius 1 is 1.25 bits per heavy atom. The van der Waals surface area contributed by atoms with E-state index in [1.165, 1.54) is 10.6 Å². The summed E-state index contributed by atoms with van der Waals surface area (Å²) in [6.45, 7) is 0.801. The Bertz CT molecular complexity index is 578. The van der Waals surface area contributed by atoms with Gasteiger partial charge in [-0.05, 0) is 37.1 Å². The van der Waals surface area contributed by atoms with E-state index < -0.39 is 10.0 Å². The molecule has 20 heavy (non-hydrogen) atoms. The molecule has 0 radical (unpaired) electrons. The van der Waals surface area contributed by atoms with Gasteiger partial charge in [-0.2, -0.15) is 0 Å². The Balaban J connectivity index is 1.90. The highest BCUT2D eigenvalue weighted by Crippen LogP contribution is 2.21. The maximum absolute atomic E-state index is 12.1. The standard InChI is InChI=1S/C13H17ClN2O3S/c1-20(18,19)16-8-6-10(7-9-16)13(17)15-12-4-2-11(14)3-5-12/h2-5,10H,6-9H2,1H3,(H,15,17). The molecule has 1 amide bonds. The van der Waals surface area contributed by atoms with E-state index in [1.807, 2.05) is 0 Å². The van der Waals surface area contributed by atoms with Gasteiger partial charge in [0.05, 0.1) is 6.26 Å². The van der Waals surface area contributed by atoms with Crippen LogP contribution in [0.4, 0.5) is 5.69 Å². The Hall–Kier alpha value is -1.11. The van der Waals surface area contributed by atoms with Crippen molar-refractivity contribution in [2.45, 2.75) is 12.8 Å². The number of halogens is 1. The van der Waals surface area contributed by atoms with Crippen LogP contribution in [0.3, 0.4) is 0 Å². The molecule has 1 N–H and O–H groups in total. The van der Waals surface area contributed by atoms with Gasteiger partial charge in [-0.15, -0.1) is 0 Å². The lowest BCUT2D eigenvalue weighted by atomic mass is 9.97. The Labute approximate surface area is 124 Å². The Morgan fingerprint density at radius 3 is 2.30 bits per heavy atom. The van der Waals surface area contributed by atoms with Crippen molar-refractivity contribution in [3.8, 4) is 0 Å². The maximum atomic E-state index is 12.1. The number of sulfonamides is 1. The van der Waals surface area contributed by atoms with Gasteiger partial charge in [-0.1, -0.05) is 11.6 Å². The number of benzene rings is 1. The van der Waals surface area contributed by atoms with Gasteiger partial charge in [0, 0.05) is 29.7 Å². The number of amides is 1. The summed E-state index contributed by atoms with van der Waals surface area (Å²) in [4.78, 5) is 12.1. The van der Waals surface area contributed by atoms with Crippen molar-refractivity contribution in [2.75, 3.05) is 24.7 Å². The van der Waals surface area contributed by atoms with Crippen LogP contribution in [-0.4, -0.2) is 38.0 Å². The van der Waals surface area contributed by atoms with Gasteiger partial charge in [0.2, 0.25) is 15.9 Å². The molecule has 0 aromatic heterocycles. The fourth-order valence-corrected chi connectivity index (χ4v) is 3.23. The molecule has 7 heteroatoms. The van der Waals surface area contributed by atoms with E-state index in [-0.39, 0.29) is 11.8 Å². The van der Waals surface area contributed by atoms with Crippen molar-refractivity contribution in [3.05, 3.63) is 29.3 Å². The van der Waals surface area contributed by atoms with E-state index in [0.717, 1.165) is 0 Å². The van der Waals surface area contributed by atoms with Crippen LogP contribution in [-0.2, 0) is 14.8 Å². The molecule has 2 rings (SSSR count). The predicted octanol–water partition coefficient (Wildman–Crippen LogP) is 1.95. The van der Waals surface area contributed by atoms with E-state index in [1.54, 1.807) is 24.3 Å². The van der Waals surface area contributed by atoms with Crippen LogP contribution in [0.2, 0.25) is 5.02 Å². The summed E-state index contributed by atoms with van der Waals surface area (Å²) >= 11 is 5.78. The smallest absolute Gasteiger partial charge is 0.227 e. The van der Waals surface area contributed by atoms with Crippen LogP contribution in [0.5, 0.6) is 0 Å². The quantitative estimate of drug-likeness (QED) is 0.927. The highest BCUT2D eigenvalue weighted by Gasteiger charge is 2.28. The molecule has 1 aliphatic heterocycles. The second kappa shape index (κ2) is 6.11. The van der Waals surface area contributed by atoms with Crippen molar-refractivity contribution in [2.24, 2.45) is 5.92 Å². The number of hydrogen-bond acceptors (Lipinski definition) is 3. The molecule has 1 aromatic carbocycles. The first kappa shape index (κ1) is 15.3. The van der Waals surface area contributed by atoms with Gasteiger partial charge >= 0.3 is 0 Å². The van der Waals surface area contributed by atoms with Crippen molar-refractivity contribution < 1.29 is 13.2 Å². The number of rotatable bonds is 3. The molecule has 1 saturated heterocycles. The lowest BCUT2D eigenvalue weighted by molar-refractivity contribution is -0.120. The monoisotopic (exact) mass is 316 g/mol. The number of piperidine rings is 1. The SMILES string of the molecule is CS(=O)(=O)N1CCC(C(=O)Nc2ccc(Cl)cc2)CC1. The summed E-state index contributed by atoms with van der Waals surface area (Å²) in [7, 11) is -3.15. The summed E-state index contributed by atoms with van der Waals surface area (Å²) in [5.74, 6) is -0.218. The van der Waals surface area contributed by atoms with Gasteiger partial charge in [-0.25, -0.2) is 12.7 Å². The topological polar surface area (TPSA) is 66.5 Å². The van der Waals surface area contributed by atoms with Crippen LogP contribution in [0.1, 0.15) is 12.8 Å². The van der Waals surface area contributed by atoms with Crippen molar-refractivity contribution in [3.63, 3.8) is 0 Å². The largest absolute Gasteiger partial charge is 0.326 e. The number of nitrogens with one attached hydrogen (secondary N) is 1. The molecular weight excluding hydrogens is 300 g/mol. The minimum atomic E-state index is -3.15. The summed E-state index contributed by atoms with van der Waals surface area (Å²) in [5.41, 5.74) is 0.699. The minimum absolute atomic E-state index is 0.0690. The number of nitrogens with zero attached hydrogens (tertiary/aromatic N) is 1. The van der Waals surface area contributed by atoms with Crippen molar-refractivity contribution in [1.82, 2.24) is 4.31 Å². The van der Waals surface area contributed by atoms with Gasteiger partial charge in [0.25, 0.3) is 0 Å². The molecule has 110 valence electrons. The van der Waals surface area contributed by atoms with E-state index >= 15 is 0 Å². The summed E-state index contributed by atoms with van der Waals surface area (Å²) in [5, 5.41) is 3.44. The van der Waals surface area contributed by atoms with Crippen LogP contribution in [0.25, 0.3) is 0 Å². The van der Waals surface area contributed by atoms with E-state index in [0.29, 0.717) is 36.6 Å². The Kier molecular flexibility index (Phi) is 4.67. The van der Waals surface area contributed by atoms with Crippen molar-refractivity contribution in [1.29, 1.82) is 0 Å². The first-order valence-corrected chi connectivity index (χ1v) is 8.60. The number of carbonyl (C=O) groups is 1. The predicted molar refractivity (Wildman–Crippen MR) is 79.2 cm³/mol. The average molecular weight is 317 g/mol. The number of carbonyl (C=O) groups excluding carboxylic acids is 1. The molecule has 1 aromatic rings. The molecule has 5 nitrogen and oxygen atoms in total. The van der Waals surface area contributed by atoms with Gasteiger partial charge in [0.1, 0.15) is 0 Å². The third-order valence-corrected chi connectivity index (χ3v) is 4.96. The molecule has 1 heterocycles. The van der Waals surface area contributed by atoms with E-state index in [9.17, 15) is 13.2 Å². The zero-order valence-electron chi connectivity index (χ0n) is 11.2. The van der Waals surface area contributed by atoms with Crippen LogP contribution in [0.15, 0.2) is 24.3 Å². The van der Waals surface area contributed by atoms with Crippen LogP contribution >= 0.6 is 11.6 Å². The highest BCUT2D eigenvalue weighted by atomic mass is 35.5. The zero-order chi connectivity index (χ0) is 14.8. The second-order valence-corrected chi connectivity index (χ2v) is 7.35. The molecule has 0 bridgehead atoms. The number of anilines is 1.